The quantitative estimate of drug-likeness (QED) is 0.514. The molecule has 0 aliphatic carbocycles. The lowest BCUT2D eigenvalue weighted by Crippen LogP contribution is -2.28. The molecule has 0 spiro atoms. The van der Waals surface area contributed by atoms with Gasteiger partial charge in [-0.15, -0.1) is 0 Å². The summed E-state index contributed by atoms with van der Waals surface area (Å²) in [4.78, 5) is 24.6. The topological polar surface area (TPSA) is 91.0 Å². The van der Waals surface area contributed by atoms with Crippen molar-refractivity contribution in [3.63, 3.8) is 0 Å². The van der Waals surface area contributed by atoms with Gasteiger partial charge in [0.25, 0.3) is 11.5 Å². The minimum atomic E-state index is -0.453. The van der Waals surface area contributed by atoms with Crippen molar-refractivity contribution in [1.29, 1.82) is 0 Å². The average Bonchev–Trinajstić information content (AvgIpc) is 3.25. The lowest BCUT2D eigenvalue weighted by molar-refractivity contribution is 0.101. The van der Waals surface area contributed by atoms with Crippen molar-refractivity contribution < 1.29 is 9.53 Å². The first-order chi connectivity index (χ1) is 14.7. The van der Waals surface area contributed by atoms with E-state index in [4.69, 9.17) is 4.74 Å². The number of rotatable bonds is 7. The van der Waals surface area contributed by atoms with Gasteiger partial charge in [-0.25, -0.2) is 9.36 Å². The molecule has 1 amide bonds. The summed E-state index contributed by atoms with van der Waals surface area (Å²) < 4.78 is 8.46. The first kappa shape index (κ1) is 19.1. The van der Waals surface area contributed by atoms with E-state index >= 15 is 0 Å². The average molecular weight is 401 g/mol. The minimum absolute atomic E-state index is 0.114. The molecule has 0 unspecified atom stereocenters. The van der Waals surface area contributed by atoms with Crippen LogP contribution in [0, 0.1) is 0 Å². The van der Waals surface area contributed by atoms with Crippen LogP contribution in [0.2, 0.25) is 0 Å². The molecular formula is C22H19N5O3. The molecule has 0 radical (unpaired) electrons. The van der Waals surface area contributed by atoms with Gasteiger partial charge in [0.2, 0.25) is 0 Å². The standard InChI is InChI=1S/C22H19N5O3/c28-21-12-11-19(24-27(21)15-16-30-18-9-5-2-6-10-18)22(29)23-20-13-14-26(25-20)17-7-3-1-4-8-17/h1-14H,15-16H2,(H,23,25,29). The van der Waals surface area contributed by atoms with E-state index in [2.05, 4.69) is 15.5 Å². The lowest BCUT2D eigenvalue weighted by atomic mass is 10.3. The van der Waals surface area contributed by atoms with Crippen molar-refractivity contribution in [3.8, 4) is 11.4 Å². The molecule has 8 heteroatoms. The number of hydrogen-bond acceptors (Lipinski definition) is 5. The van der Waals surface area contributed by atoms with Crippen molar-refractivity contribution in [2.45, 2.75) is 6.54 Å². The molecular weight excluding hydrogens is 382 g/mol. The van der Waals surface area contributed by atoms with E-state index in [1.54, 1.807) is 16.9 Å². The Labute approximate surface area is 172 Å². The van der Waals surface area contributed by atoms with Crippen molar-refractivity contribution in [1.82, 2.24) is 19.6 Å². The molecule has 1 N–H and O–H groups in total. The summed E-state index contributed by atoms with van der Waals surface area (Å²) in [7, 11) is 0. The molecule has 4 rings (SSSR count). The summed E-state index contributed by atoms with van der Waals surface area (Å²) in [5.41, 5.74) is 0.684. The number of aromatic nitrogens is 4. The van der Waals surface area contributed by atoms with Gasteiger partial charge < -0.3 is 10.1 Å². The predicted octanol–water partition coefficient (Wildman–Crippen LogP) is 2.76. The smallest absolute Gasteiger partial charge is 0.277 e. The molecule has 150 valence electrons. The van der Waals surface area contributed by atoms with Crippen LogP contribution in [0.5, 0.6) is 5.75 Å². The number of ether oxygens (including phenoxy) is 1. The third-order valence-corrected chi connectivity index (χ3v) is 4.27. The minimum Gasteiger partial charge on any atom is -0.492 e. The molecule has 8 nitrogen and oxygen atoms in total. The molecule has 2 aromatic carbocycles. The number of para-hydroxylation sites is 2. The van der Waals surface area contributed by atoms with Crippen LogP contribution < -0.4 is 15.6 Å². The van der Waals surface area contributed by atoms with Gasteiger partial charge in [-0.2, -0.15) is 10.2 Å². The molecule has 30 heavy (non-hydrogen) atoms. The van der Waals surface area contributed by atoms with Gasteiger partial charge in [0, 0.05) is 18.3 Å². The Morgan fingerprint density at radius 3 is 2.40 bits per heavy atom. The molecule has 0 saturated carbocycles. The number of carbonyl (C=O) groups excluding carboxylic acids is 1. The van der Waals surface area contributed by atoms with Crippen molar-refractivity contribution >= 4 is 11.7 Å². The maximum Gasteiger partial charge on any atom is 0.277 e. The van der Waals surface area contributed by atoms with Crippen LogP contribution in [0.4, 0.5) is 5.82 Å². The summed E-state index contributed by atoms with van der Waals surface area (Å²) in [5.74, 6) is 0.635. The molecule has 0 aliphatic rings. The van der Waals surface area contributed by atoms with Crippen molar-refractivity contribution in [2.24, 2.45) is 0 Å². The highest BCUT2D eigenvalue weighted by Gasteiger charge is 2.12. The van der Waals surface area contributed by atoms with E-state index in [0.29, 0.717) is 11.6 Å². The molecule has 2 heterocycles. The lowest BCUT2D eigenvalue weighted by Gasteiger charge is -2.08. The highest BCUT2D eigenvalue weighted by atomic mass is 16.5. The second-order valence-corrected chi connectivity index (χ2v) is 6.38. The monoisotopic (exact) mass is 401 g/mol. The van der Waals surface area contributed by atoms with Gasteiger partial charge >= 0.3 is 0 Å². The summed E-state index contributed by atoms with van der Waals surface area (Å²) in [5, 5.41) is 11.2. The second-order valence-electron chi connectivity index (χ2n) is 6.38. The van der Waals surface area contributed by atoms with Crippen LogP contribution in [0.1, 0.15) is 10.5 Å². The van der Waals surface area contributed by atoms with Gasteiger partial charge in [0.15, 0.2) is 5.82 Å². The van der Waals surface area contributed by atoms with Crippen LogP contribution in [-0.4, -0.2) is 32.1 Å². The normalized spacial score (nSPS) is 10.5. The predicted molar refractivity (Wildman–Crippen MR) is 112 cm³/mol. The summed E-state index contributed by atoms with van der Waals surface area (Å²) in [6.07, 6.45) is 1.75. The summed E-state index contributed by atoms with van der Waals surface area (Å²) in [6.45, 7) is 0.473. The fraction of sp³-hybridized carbons (Fsp3) is 0.0909. The molecule has 0 fully saturated rings. The Kier molecular flexibility index (Phi) is 5.66. The first-order valence-corrected chi connectivity index (χ1v) is 9.37. The third-order valence-electron chi connectivity index (χ3n) is 4.27. The Bertz CT molecular complexity index is 1190. The van der Waals surface area contributed by atoms with Crippen LogP contribution in [-0.2, 0) is 6.54 Å². The number of amides is 1. The summed E-state index contributed by atoms with van der Waals surface area (Å²) in [6, 6.07) is 23.2. The molecule has 4 aromatic rings. The van der Waals surface area contributed by atoms with Crippen LogP contribution in [0.3, 0.4) is 0 Å². The second kappa shape index (κ2) is 8.87. The SMILES string of the molecule is O=C(Nc1ccn(-c2ccccc2)n1)c1ccc(=O)n(CCOc2ccccc2)n1. The Hall–Kier alpha value is -4.20. The Morgan fingerprint density at radius 1 is 0.900 bits per heavy atom. The Balaban J connectivity index is 1.41. The van der Waals surface area contributed by atoms with Crippen LogP contribution in [0.25, 0.3) is 5.69 Å². The number of anilines is 1. The highest BCUT2D eigenvalue weighted by molar-refractivity contribution is 6.02. The number of hydrogen-bond donors (Lipinski definition) is 1. The third kappa shape index (κ3) is 4.61. The van der Waals surface area contributed by atoms with E-state index in [9.17, 15) is 9.59 Å². The van der Waals surface area contributed by atoms with E-state index < -0.39 is 5.91 Å². The van der Waals surface area contributed by atoms with Crippen molar-refractivity contribution in [2.75, 3.05) is 11.9 Å². The van der Waals surface area contributed by atoms with Gasteiger partial charge in [0.05, 0.1) is 12.2 Å². The van der Waals surface area contributed by atoms with Gasteiger partial charge in [-0.05, 0) is 30.3 Å². The fourth-order valence-electron chi connectivity index (χ4n) is 2.79. The van der Waals surface area contributed by atoms with Gasteiger partial charge in [0.1, 0.15) is 18.1 Å². The summed E-state index contributed by atoms with van der Waals surface area (Å²) >= 11 is 0. The van der Waals surface area contributed by atoms with E-state index in [0.717, 1.165) is 5.69 Å². The molecule has 0 aliphatic heterocycles. The molecule has 0 atom stereocenters. The van der Waals surface area contributed by atoms with Crippen molar-refractivity contribution in [3.05, 3.63) is 101 Å². The number of benzene rings is 2. The Morgan fingerprint density at radius 2 is 1.63 bits per heavy atom. The number of carbonyl (C=O) groups is 1. The highest BCUT2D eigenvalue weighted by Crippen LogP contribution is 2.11. The van der Waals surface area contributed by atoms with Gasteiger partial charge in [-0.3, -0.25) is 9.59 Å². The molecule has 0 saturated heterocycles. The van der Waals surface area contributed by atoms with Gasteiger partial charge in [-0.1, -0.05) is 36.4 Å². The molecule has 0 bridgehead atoms. The number of nitrogens with one attached hydrogen (secondary N) is 1. The number of nitrogens with zero attached hydrogens (tertiary/aromatic N) is 4. The van der Waals surface area contributed by atoms with E-state index in [1.807, 2.05) is 60.7 Å². The zero-order chi connectivity index (χ0) is 20.8. The molecule has 2 aromatic heterocycles. The van der Waals surface area contributed by atoms with Crippen LogP contribution in [0.15, 0.2) is 89.9 Å². The van der Waals surface area contributed by atoms with Crippen LogP contribution >= 0.6 is 0 Å². The first-order valence-electron chi connectivity index (χ1n) is 9.37. The maximum atomic E-state index is 12.5. The van der Waals surface area contributed by atoms with E-state index in [-0.39, 0.29) is 24.4 Å². The fourth-order valence-corrected chi connectivity index (χ4v) is 2.79. The van der Waals surface area contributed by atoms with E-state index in [1.165, 1.54) is 16.8 Å². The zero-order valence-electron chi connectivity index (χ0n) is 16.0. The zero-order valence-corrected chi connectivity index (χ0v) is 16.0. The largest absolute Gasteiger partial charge is 0.492 e. The maximum absolute atomic E-state index is 12.5.